The first-order valence-corrected chi connectivity index (χ1v) is 8.23. The van der Waals surface area contributed by atoms with Crippen molar-refractivity contribution in [3.05, 3.63) is 47.6 Å². The number of aliphatic hydroxyl groups excluding tert-OH is 1. The summed E-state index contributed by atoms with van der Waals surface area (Å²) >= 11 is 0. The maximum absolute atomic E-state index is 12.5. The summed E-state index contributed by atoms with van der Waals surface area (Å²) in [5, 5.41) is 29.9. The van der Waals surface area contributed by atoms with Gasteiger partial charge in [-0.15, -0.1) is 0 Å². The van der Waals surface area contributed by atoms with Crippen LogP contribution in [0.4, 0.5) is 0 Å². The lowest BCUT2D eigenvalue weighted by atomic mass is 9.99. The predicted octanol–water partition coefficient (Wildman–Crippen LogP) is 2.70. The minimum atomic E-state index is -0.835. The van der Waals surface area contributed by atoms with Crippen molar-refractivity contribution in [2.24, 2.45) is 11.8 Å². The Hall–Kier alpha value is -2.27. The first kappa shape index (κ1) is 16.6. The molecule has 0 bridgehead atoms. The molecule has 1 aromatic rings. The van der Waals surface area contributed by atoms with Crippen molar-refractivity contribution in [1.82, 2.24) is 0 Å². The molecule has 1 aromatic carbocycles. The van der Waals surface area contributed by atoms with E-state index in [0.717, 1.165) is 18.9 Å². The van der Waals surface area contributed by atoms with Crippen LogP contribution >= 0.6 is 0 Å². The second-order valence-corrected chi connectivity index (χ2v) is 6.65. The molecule has 0 saturated heterocycles. The van der Waals surface area contributed by atoms with Gasteiger partial charge in [-0.2, -0.15) is 0 Å². The number of phenols is 2. The molecule has 3 N–H and O–H groups in total. The fourth-order valence-corrected chi connectivity index (χ4v) is 3.25. The van der Waals surface area contributed by atoms with E-state index < -0.39 is 12.1 Å². The van der Waals surface area contributed by atoms with E-state index in [9.17, 15) is 20.1 Å². The normalized spacial score (nSPS) is 32.7. The maximum atomic E-state index is 12.5. The monoisotopic (exact) mass is 330 g/mol. The van der Waals surface area contributed by atoms with Gasteiger partial charge in [-0.3, -0.25) is 0 Å². The zero-order valence-corrected chi connectivity index (χ0v) is 13.6. The van der Waals surface area contributed by atoms with Gasteiger partial charge < -0.3 is 20.1 Å². The molecule has 24 heavy (non-hydrogen) atoms. The highest BCUT2D eigenvalue weighted by Crippen LogP contribution is 2.43. The van der Waals surface area contributed by atoms with Crippen molar-refractivity contribution < 1.29 is 24.9 Å². The van der Waals surface area contributed by atoms with E-state index in [4.69, 9.17) is 4.74 Å². The summed E-state index contributed by atoms with van der Waals surface area (Å²) in [6.07, 6.45) is 8.30. The van der Waals surface area contributed by atoms with Gasteiger partial charge in [-0.05, 0) is 43.2 Å². The van der Waals surface area contributed by atoms with Gasteiger partial charge in [0.15, 0.2) is 0 Å². The third kappa shape index (κ3) is 3.79. The SMILES string of the molecule is C[C@@H]1C[C@H]2C[C@@H]2/C=C\C=C\[C@H](O)Cc2cc(O)cc(O)c2C(=O)O1. The van der Waals surface area contributed by atoms with Gasteiger partial charge in [0.25, 0.3) is 0 Å². The quantitative estimate of drug-likeness (QED) is 0.637. The highest BCUT2D eigenvalue weighted by molar-refractivity contribution is 5.94. The summed E-state index contributed by atoms with van der Waals surface area (Å²) in [5.74, 6) is -0.137. The molecule has 1 heterocycles. The lowest BCUT2D eigenvalue weighted by molar-refractivity contribution is 0.0306. The van der Waals surface area contributed by atoms with Crippen molar-refractivity contribution in [3.63, 3.8) is 0 Å². The number of aromatic hydroxyl groups is 2. The average Bonchev–Trinajstić information content (AvgIpc) is 3.19. The maximum Gasteiger partial charge on any atom is 0.342 e. The standard InChI is InChI=1S/C19H22O5/c1-11-6-13-7-12(13)4-2-3-5-15(20)8-14-9-16(21)10-17(22)18(14)19(23)24-11/h2-5,9-13,15,20-22H,6-8H2,1H3/b4-2-,5-3+/t11-,12+,13+,15+/m1/s1. The minimum Gasteiger partial charge on any atom is -0.508 e. The summed E-state index contributed by atoms with van der Waals surface area (Å²) < 4.78 is 5.47. The molecule has 4 atom stereocenters. The highest BCUT2D eigenvalue weighted by atomic mass is 16.5. The van der Waals surface area contributed by atoms with Gasteiger partial charge in [-0.1, -0.05) is 24.3 Å². The van der Waals surface area contributed by atoms with Gasteiger partial charge in [0, 0.05) is 12.5 Å². The van der Waals surface area contributed by atoms with Crippen molar-refractivity contribution in [3.8, 4) is 11.5 Å². The predicted molar refractivity (Wildman–Crippen MR) is 88.9 cm³/mol. The van der Waals surface area contributed by atoms with E-state index in [2.05, 4.69) is 6.08 Å². The van der Waals surface area contributed by atoms with Crippen LogP contribution in [0.25, 0.3) is 0 Å². The summed E-state index contributed by atoms with van der Waals surface area (Å²) in [6.45, 7) is 1.84. The fourth-order valence-electron chi connectivity index (χ4n) is 3.25. The Balaban J connectivity index is 1.94. The van der Waals surface area contributed by atoms with Crippen LogP contribution in [-0.4, -0.2) is 33.5 Å². The number of allylic oxidation sites excluding steroid dienone is 3. The van der Waals surface area contributed by atoms with Gasteiger partial charge in [-0.25, -0.2) is 4.79 Å². The molecule has 128 valence electrons. The van der Waals surface area contributed by atoms with Crippen LogP contribution in [0.2, 0.25) is 0 Å². The molecule has 1 fully saturated rings. The topological polar surface area (TPSA) is 87.0 Å². The molecular weight excluding hydrogens is 308 g/mol. The zero-order chi connectivity index (χ0) is 17.3. The van der Waals surface area contributed by atoms with Gasteiger partial charge >= 0.3 is 5.97 Å². The Morgan fingerprint density at radius 1 is 1.12 bits per heavy atom. The molecule has 0 aromatic heterocycles. The average molecular weight is 330 g/mol. The Labute approximate surface area is 140 Å². The van der Waals surface area contributed by atoms with E-state index >= 15 is 0 Å². The Kier molecular flexibility index (Phi) is 4.62. The molecule has 1 saturated carbocycles. The van der Waals surface area contributed by atoms with Crippen molar-refractivity contribution in [2.75, 3.05) is 0 Å². The molecule has 1 aliphatic carbocycles. The largest absolute Gasteiger partial charge is 0.508 e. The number of fused-ring (bicyclic) bond motifs is 2. The second-order valence-electron chi connectivity index (χ2n) is 6.65. The summed E-state index contributed by atoms with van der Waals surface area (Å²) in [5.41, 5.74) is 0.360. The zero-order valence-electron chi connectivity index (χ0n) is 13.6. The number of aliphatic hydroxyl groups is 1. The van der Waals surface area contributed by atoms with Crippen LogP contribution in [0.5, 0.6) is 11.5 Å². The smallest absolute Gasteiger partial charge is 0.342 e. The number of carbonyl (C=O) groups is 1. The Bertz CT molecular complexity index is 691. The van der Waals surface area contributed by atoms with E-state index in [1.807, 2.05) is 13.0 Å². The molecule has 5 heteroatoms. The van der Waals surface area contributed by atoms with Gasteiger partial charge in [0.2, 0.25) is 0 Å². The Morgan fingerprint density at radius 2 is 1.88 bits per heavy atom. The van der Waals surface area contributed by atoms with Crippen LogP contribution < -0.4 is 0 Å². The van der Waals surface area contributed by atoms with E-state index in [1.165, 1.54) is 6.07 Å². The number of hydrogen-bond acceptors (Lipinski definition) is 5. The van der Waals surface area contributed by atoms with Crippen LogP contribution in [0, 0.1) is 11.8 Å². The fraction of sp³-hybridized carbons (Fsp3) is 0.421. The van der Waals surface area contributed by atoms with Gasteiger partial charge in [0.1, 0.15) is 17.1 Å². The molecule has 5 nitrogen and oxygen atoms in total. The number of hydrogen-bond donors (Lipinski definition) is 3. The number of ether oxygens (including phenoxy) is 1. The summed E-state index contributed by atoms with van der Waals surface area (Å²) in [6, 6.07) is 2.48. The first-order chi connectivity index (χ1) is 11.4. The lowest BCUT2D eigenvalue weighted by Crippen LogP contribution is -2.19. The summed E-state index contributed by atoms with van der Waals surface area (Å²) in [4.78, 5) is 12.5. The number of rotatable bonds is 0. The Morgan fingerprint density at radius 3 is 2.67 bits per heavy atom. The molecule has 2 aliphatic rings. The van der Waals surface area contributed by atoms with Crippen LogP contribution in [0.15, 0.2) is 36.4 Å². The first-order valence-electron chi connectivity index (χ1n) is 8.23. The number of cyclic esters (lactones) is 1. The van der Waals surface area contributed by atoms with Crippen LogP contribution in [-0.2, 0) is 11.2 Å². The summed E-state index contributed by atoms with van der Waals surface area (Å²) in [7, 11) is 0. The van der Waals surface area contributed by atoms with E-state index in [-0.39, 0.29) is 29.6 Å². The van der Waals surface area contributed by atoms with Gasteiger partial charge in [0.05, 0.1) is 12.2 Å². The molecule has 0 amide bonds. The molecule has 0 spiro atoms. The number of phenolic OH excluding ortho intramolecular Hbond substituents is 2. The second kappa shape index (κ2) is 6.69. The molecule has 0 radical (unpaired) electrons. The van der Waals surface area contributed by atoms with Crippen molar-refractivity contribution in [1.29, 1.82) is 0 Å². The van der Waals surface area contributed by atoms with Crippen molar-refractivity contribution in [2.45, 2.75) is 38.4 Å². The molecular formula is C19H22O5. The molecule has 1 aliphatic heterocycles. The van der Waals surface area contributed by atoms with E-state index in [1.54, 1.807) is 12.2 Å². The lowest BCUT2D eigenvalue weighted by Gasteiger charge is -2.17. The number of esters is 1. The van der Waals surface area contributed by atoms with E-state index in [0.29, 0.717) is 17.4 Å². The van der Waals surface area contributed by atoms with Crippen LogP contribution in [0.1, 0.15) is 35.7 Å². The number of benzene rings is 1. The van der Waals surface area contributed by atoms with Crippen molar-refractivity contribution >= 4 is 5.97 Å². The minimum absolute atomic E-state index is 0.00653. The molecule has 0 unspecified atom stereocenters. The van der Waals surface area contributed by atoms with Crippen LogP contribution in [0.3, 0.4) is 0 Å². The third-order valence-corrected chi connectivity index (χ3v) is 4.54. The third-order valence-electron chi connectivity index (χ3n) is 4.54. The number of carbonyl (C=O) groups excluding carboxylic acids is 1. The molecule has 3 rings (SSSR count). The highest BCUT2D eigenvalue weighted by Gasteiger charge is 2.36.